The molecule has 0 saturated carbocycles. The van der Waals surface area contributed by atoms with Crippen LogP contribution in [0.3, 0.4) is 0 Å². The van der Waals surface area contributed by atoms with Gasteiger partial charge in [0.05, 0.1) is 10.2 Å². The van der Waals surface area contributed by atoms with Crippen LogP contribution in [0, 0.1) is 5.82 Å². The highest BCUT2D eigenvalue weighted by Crippen LogP contribution is 2.19. The van der Waals surface area contributed by atoms with Gasteiger partial charge in [0.2, 0.25) is 5.91 Å². The molecule has 0 aliphatic rings. The van der Waals surface area contributed by atoms with Crippen LogP contribution in [0.25, 0.3) is 0 Å². The molecule has 0 heterocycles. The van der Waals surface area contributed by atoms with E-state index in [1.54, 1.807) is 12.1 Å². The van der Waals surface area contributed by atoms with Gasteiger partial charge >= 0.3 is 0 Å². The maximum absolute atomic E-state index is 13.0. The SMILES string of the molecule is CSCC(=O)Nc1ccc(Br)c(F)c1. The number of carbonyl (C=O) groups excluding carboxylic acids is 1. The minimum atomic E-state index is -0.382. The number of carbonyl (C=O) groups is 1. The predicted molar refractivity (Wildman–Crippen MR) is 61.1 cm³/mol. The lowest BCUT2D eigenvalue weighted by molar-refractivity contribution is -0.113. The average molecular weight is 278 g/mol. The third-order valence-electron chi connectivity index (χ3n) is 1.48. The van der Waals surface area contributed by atoms with E-state index in [4.69, 9.17) is 0 Å². The van der Waals surface area contributed by atoms with Gasteiger partial charge in [-0.05, 0) is 40.4 Å². The van der Waals surface area contributed by atoms with Gasteiger partial charge in [-0.15, -0.1) is 0 Å². The zero-order valence-corrected chi connectivity index (χ0v) is 9.91. The van der Waals surface area contributed by atoms with Gasteiger partial charge in [0.15, 0.2) is 0 Å². The van der Waals surface area contributed by atoms with Crippen LogP contribution in [0.5, 0.6) is 0 Å². The molecule has 1 amide bonds. The number of benzene rings is 1. The number of thioether (sulfide) groups is 1. The summed E-state index contributed by atoms with van der Waals surface area (Å²) in [5, 5.41) is 2.59. The molecule has 5 heteroatoms. The molecule has 0 fully saturated rings. The Hall–Kier alpha value is -0.550. The summed E-state index contributed by atoms with van der Waals surface area (Å²) in [5.41, 5.74) is 0.477. The molecule has 0 radical (unpaired) electrons. The first kappa shape index (κ1) is 11.5. The molecule has 0 aromatic heterocycles. The van der Waals surface area contributed by atoms with Crippen molar-refractivity contribution in [1.82, 2.24) is 0 Å². The number of amides is 1. The first-order valence-corrected chi connectivity index (χ1v) is 6.06. The van der Waals surface area contributed by atoms with Crippen LogP contribution in [-0.2, 0) is 4.79 Å². The number of halogens is 2. The molecule has 1 rings (SSSR count). The van der Waals surface area contributed by atoms with Crippen LogP contribution < -0.4 is 5.32 Å². The summed E-state index contributed by atoms with van der Waals surface area (Å²) in [5.74, 6) is -0.135. The summed E-state index contributed by atoms with van der Waals surface area (Å²) in [6, 6.07) is 4.48. The van der Waals surface area contributed by atoms with E-state index in [0.29, 0.717) is 15.9 Å². The van der Waals surface area contributed by atoms with Crippen molar-refractivity contribution < 1.29 is 9.18 Å². The first-order chi connectivity index (χ1) is 6.63. The van der Waals surface area contributed by atoms with Crippen molar-refractivity contribution >= 4 is 39.3 Å². The highest BCUT2D eigenvalue weighted by molar-refractivity contribution is 9.10. The molecule has 0 unspecified atom stereocenters. The van der Waals surface area contributed by atoms with E-state index in [2.05, 4.69) is 21.2 Å². The fourth-order valence-corrected chi connectivity index (χ4v) is 1.48. The molecular formula is C9H9BrFNOS. The van der Waals surface area contributed by atoms with Crippen LogP contribution >= 0.6 is 27.7 Å². The fourth-order valence-electron chi connectivity index (χ4n) is 0.902. The molecule has 0 atom stereocenters. The number of nitrogens with one attached hydrogen (secondary N) is 1. The van der Waals surface area contributed by atoms with Crippen molar-refractivity contribution in [1.29, 1.82) is 0 Å². The average Bonchev–Trinajstić information content (AvgIpc) is 2.12. The minimum absolute atomic E-state index is 0.126. The second kappa shape index (κ2) is 5.36. The zero-order chi connectivity index (χ0) is 10.6. The Kier molecular flexibility index (Phi) is 4.41. The van der Waals surface area contributed by atoms with E-state index >= 15 is 0 Å². The Morgan fingerprint density at radius 2 is 2.36 bits per heavy atom. The smallest absolute Gasteiger partial charge is 0.234 e. The predicted octanol–water partition coefficient (Wildman–Crippen LogP) is 2.89. The van der Waals surface area contributed by atoms with Crippen LogP contribution in [0.2, 0.25) is 0 Å². The van der Waals surface area contributed by atoms with Crippen molar-refractivity contribution in [3.8, 4) is 0 Å². The van der Waals surface area contributed by atoms with Gasteiger partial charge in [0.1, 0.15) is 5.82 Å². The number of rotatable bonds is 3. The van der Waals surface area contributed by atoms with Crippen molar-refractivity contribution in [3.05, 3.63) is 28.5 Å². The summed E-state index contributed by atoms with van der Waals surface area (Å²) in [4.78, 5) is 11.1. The van der Waals surface area contributed by atoms with Gasteiger partial charge in [-0.3, -0.25) is 4.79 Å². The molecule has 1 aromatic rings. The topological polar surface area (TPSA) is 29.1 Å². The monoisotopic (exact) mass is 277 g/mol. The van der Waals surface area contributed by atoms with Gasteiger partial charge in [-0.2, -0.15) is 11.8 Å². The molecule has 76 valence electrons. The van der Waals surface area contributed by atoms with E-state index < -0.39 is 0 Å². The molecule has 1 aromatic carbocycles. The molecule has 2 nitrogen and oxygen atoms in total. The lowest BCUT2D eigenvalue weighted by Gasteiger charge is -2.04. The first-order valence-electron chi connectivity index (χ1n) is 3.87. The lowest BCUT2D eigenvalue weighted by atomic mass is 10.3. The van der Waals surface area contributed by atoms with E-state index in [9.17, 15) is 9.18 Å². The standard InChI is InChI=1S/C9H9BrFNOS/c1-14-5-9(13)12-6-2-3-7(10)8(11)4-6/h2-4H,5H2,1H3,(H,12,13). The summed E-state index contributed by atoms with van der Waals surface area (Å²) >= 11 is 4.46. The van der Waals surface area contributed by atoms with E-state index in [0.717, 1.165) is 0 Å². The number of hydrogen-bond donors (Lipinski definition) is 1. The Labute approximate surface area is 94.4 Å². The van der Waals surface area contributed by atoms with Gasteiger partial charge < -0.3 is 5.32 Å². The third kappa shape index (κ3) is 3.31. The molecule has 0 saturated heterocycles. The van der Waals surface area contributed by atoms with Crippen LogP contribution in [-0.4, -0.2) is 17.9 Å². The third-order valence-corrected chi connectivity index (χ3v) is 2.67. The van der Waals surface area contributed by atoms with Crippen LogP contribution in [0.15, 0.2) is 22.7 Å². The Morgan fingerprint density at radius 1 is 1.64 bits per heavy atom. The van der Waals surface area contributed by atoms with Gasteiger partial charge in [0.25, 0.3) is 0 Å². The quantitative estimate of drug-likeness (QED) is 0.921. The molecular weight excluding hydrogens is 269 g/mol. The van der Waals surface area contributed by atoms with E-state index in [-0.39, 0.29) is 11.7 Å². The van der Waals surface area contributed by atoms with Gasteiger partial charge in [-0.1, -0.05) is 0 Å². The van der Waals surface area contributed by atoms with Crippen LogP contribution in [0.1, 0.15) is 0 Å². The molecule has 0 spiro atoms. The van der Waals surface area contributed by atoms with Crippen molar-refractivity contribution in [2.45, 2.75) is 0 Å². The highest BCUT2D eigenvalue weighted by Gasteiger charge is 2.03. The molecule has 0 aliphatic carbocycles. The zero-order valence-electron chi connectivity index (χ0n) is 7.51. The summed E-state index contributed by atoms with van der Waals surface area (Å²) in [7, 11) is 0. The lowest BCUT2D eigenvalue weighted by Crippen LogP contribution is -2.13. The summed E-state index contributed by atoms with van der Waals surface area (Å²) < 4.78 is 13.4. The van der Waals surface area contributed by atoms with Crippen molar-refractivity contribution in [2.75, 3.05) is 17.3 Å². The number of hydrogen-bond acceptors (Lipinski definition) is 2. The molecule has 14 heavy (non-hydrogen) atoms. The molecule has 1 N–H and O–H groups in total. The van der Waals surface area contributed by atoms with E-state index in [1.165, 1.54) is 17.8 Å². The number of anilines is 1. The van der Waals surface area contributed by atoms with Gasteiger partial charge in [-0.25, -0.2) is 4.39 Å². The largest absolute Gasteiger partial charge is 0.325 e. The summed E-state index contributed by atoms with van der Waals surface area (Å²) in [6.45, 7) is 0. The van der Waals surface area contributed by atoms with Crippen molar-refractivity contribution in [3.63, 3.8) is 0 Å². The minimum Gasteiger partial charge on any atom is -0.325 e. The maximum Gasteiger partial charge on any atom is 0.234 e. The fraction of sp³-hybridized carbons (Fsp3) is 0.222. The van der Waals surface area contributed by atoms with E-state index in [1.807, 2.05) is 6.26 Å². The molecule has 0 aliphatic heterocycles. The van der Waals surface area contributed by atoms with Crippen molar-refractivity contribution in [2.24, 2.45) is 0 Å². The second-order valence-corrected chi connectivity index (χ2v) is 4.33. The highest BCUT2D eigenvalue weighted by atomic mass is 79.9. The van der Waals surface area contributed by atoms with Gasteiger partial charge in [0, 0.05) is 5.69 Å². The summed E-state index contributed by atoms with van der Waals surface area (Å²) in [6.07, 6.45) is 1.84. The second-order valence-electron chi connectivity index (χ2n) is 2.61. The Morgan fingerprint density at radius 3 is 2.93 bits per heavy atom. The van der Waals surface area contributed by atoms with Crippen LogP contribution in [0.4, 0.5) is 10.1 Å². The maximum atomic E-state index is 13.0. The Balaban J connectivity index is 2.68. The normalized spacial score (nSPS) is 9.93. The Bertz CT molecular complexity index is 346. The molecule has 0 bridgehead atoms.